The number of nitrogen functional groups attached to an aromatic ring is 1. The molecule has 2 heterocycles. The summed E-state index contributed by atoms with van der Waals surface area (Å²) in [7, 11) is 1.81. The monoisotopic (exact) mass is 223 g/mol. The van der Waals surface area contributed by atoms with Gasteiger partial charge >= 0.3 is 0 Å². The normalized spacial score (nSPS) is 20.9. The van der Waals surface area contributed by atoms with Crippen LogP contribution < -0.4 is 16.0 Å². The van der Waals surface area contributed by atoms with Crippen molar-refractivity contribution in [2.45, 2.75) is 13.0 Å². The average Bonchev–Trinajstić information content (AvgIpc) is 2.28. The Morgan fingerprint density at radius 1 is 1.56 bits per heavy atom. The quantitative estimate of drug-likeness (QED) is 0.752. The highest BCUT2D eigenvalue weighted by atomic mass is 16.5. The predicted molar refractivity (Wildman–Crippen MR) is 63.6 cm³/mol. The molecule has 3 N–H and O–H groups in total. The van der Waals surface area contributed by atoms with E-state index in [1.54, 1.807) is 0 Å². The molecule has 6 nitrogen and oxygen atoms in total. The highest BCUT2D eigenvalue weighted by Gasteiger charge is 2.18. The number of hydrogen-bond donors (Lipinski definition) is 2. The summed E-state index contributed by atoms with van der Waals surface area (Å²) in [5, 5.41) is 2.97. The minimum absolute atomic E-state index is 0.225. The van der Waals surface area contributed by atoms with Crippen LogP contribution in [0.25, 0.3) is 0 Å². The van der Waals surface area contributed by atoms with Gasteiger partial charge in [-0.3, -0.25) is 0 Å². The average molecular weight is 223 g/mol. The van der Waals surface area contributed by atoms with Crippen LogP contribution in [0.15, 0.2) is 6.07 Å². The van der Waals surface area contributed by atoms with E-state index in [0.29, 0.717) is 5.95 Å². The molecule has 1 atom stereocenters. The summed E-state index contributed by atoms with van der Waals surface area (Å²) in [5.74, 6) is 1.88. The molecular weight excluding hydrogens is 206 g/mol. The second-order valence-electron chi connectivity index (χ2n) is 3.85. The maximum atomic E-state index is 5.66. The first-order valence-corrected chi connectivity index (χ1v) is 5.38. The lowest BCUT2D eigenvalue weighted by molar-refractivity contribution is 0.0529. The molecule has 0 aromatic carbocycles. The first kappa shape index (κ1) is 10.9. The number of nitrogens with one attached hydrogen (secondary N) is 1. The Kier molecular flexibility index (Phi) is 3.09. The molecule has 1 aliphatic heterocycles. The van der Waals surface area contributed by atoms with Gasteiger partial charge in [-0.15, -0.1) is 0 Å². The Labute approximate surface area is 94.8 Å². The molecule has 0 bridgehead atoms. The van der Waals surface area contributed by atoms with Gasteiger partial charge in [-0.25, -0.2) is 0 Å². The van der Waals surface area contributed by atoms with Crippen molar-refractivity contribution >= 4 is 17.6 Å². The van der Waals surface area contributed by atoms with Crippen LogP contribution in [0.4, 0.5) is 17.6 Å². The summed E-state index contributed by atoms with van der Waals surface area (Å²) in [4.78, 5) is 10.5. The van der Waals surface area contributed by atoms with Crippen LogP contribution in [0, 0.1) is 0 Å². The molecule has 6 heteroatoms. The first-order valence-electron chi connectivity index (χ1n) is 5.38. The van der Waals surface area contributed by atoms with E-state index in [1.807, 2.05) is 13.1 Å². The van der Waals surface area contributed by atoms with E-state index >= 15 is 0 Å². The molecule has 88 valence electrons. The summed E-state index contributed by atoms with van der Waals surface area (Å²) in [6, 6.07) is 1.90. The van der Waals surface area contributed by atoms with E-state index in [0.717, 1.165) is 31.3 Å². The number of rotatable bonds is 2. The van der Waals surface area contributed by atoms with E-state index in [4.69, 9.17) is 10.5 Å². The van der Waals surface area contributed by atoms with Crippen molar-refractivity contribution in [2.75, 3.05) is 42.7 Å². The van der Waals surface area contributed by atoms with Crippen molar-refractivity contribution in [3.8, 4) is 0 Å². The zero-order chi connectivity index (χ0) is 11.5. The molecule has 0 saturated carbocycles. The summed E-state index contributed by atoms with van der Waals surface area (Å²) in [6.07, 6.45) is 0.225. The number of nitrogens with two attached hydrogens (primary N) is 1. The Morgan fingerprint density at radius 3 is 3.06 bits per heavy atom. The van der Waals surface area contributed by atoms with E-state index in [2.05, 4.69) is 27.1 Å². The molecule has 2 rings (SSSR count). The van der Waals surface area contributed by atoms with Gasteiger partial charge in [-0.2, -0.15) is 9.97 Å². The first-order chi connectivity index (χ1) is 7.69. The zero-order valence-corrected chi connectivity index (χ0v) is 9.60. The lowest BCUT2D eigenvalue weighted by Gasteiger charge is -2.32. The second kappa shape index (κ2) is 4.52. The number of hydrogen-bond acceptors (Lipinski definition) is 6. The third kappa shape index (κ3) is 2.33. The van der Waals surface area contributed by atoms with Gasteiger partial charge in [0.1, 0.15) is 11.6 Å². The maximum absolute atomic E-state index is 5.66. The van der Waals surface area contributed by atoms with Crippen molar-refractivity contribution in [3.05, 3.63) is 6.07 Å². The smallest absolute Gasteiger partial charge is 0.223 e. The van der Waals surface area contributed by atoms with Gasteiger partial charge < -0.3 is 20.7 Å². The molecule has 0 radical (unpaired) electrons. The Balaban J connectivity index is 2.21. The SMILES string of the molecule is CNc1cc(N2CCOC(C)C2)nc(N)n1. The molecule has 0 amide bonds. The van der Waals surface area contributed by atoms with Gasteiger partial charge in [0, 0.05) is 26.2 Å². The van der Waals surface area contributed by atoms with E-state index in [9.17, 15) is 0 Å². The lowest BCUT2D eigenvalue weighted by Crippen LogP contribution is -2.41. The standard InChI is InChI=1S/C10H17N5O/c1-7-6-15(3-4-16-7)9-5-8(12-2)13-10(11)14-9/h5,7H,3-4,6H2,1-2H3,(H3,11,12,13,14). The van der Waals surface area contributed by atoms with Crippen LogP contribution in [0.1, 0.15) is 6.92 Å². The topological polar surface area (TPSA) is 76.3 Å². The molecular formula is C10H17N5O. The van der Waals surface area contributed by atoms with Gasteiger partial charge in [-0.1, -0.05) is 0 Å². The number of ether oxygens (including phenoxy) is 1. The zero-order valence-electron chi connectivity index (χ0n) is 9.60. The molecule has 0 aliphatic carbocycles. The Bertz CT molecular complexity index is 370. The summed E-state index contributed by atoms with van der Waals surface area (Å²) in [5.41, 5.74) is 5.66. The molecule has 16 heavy (non-hydrogen) atoms. The van der Waals surface area contributed by atoms with Crippen LogP contribution in [0.3, 0.4) is 0 Å². The van der Waals surface area contributed by atoms with Crippen LogP contribution >= 0.6 is 0 Å². The Morgan fingerprint density at radius 2 is 2.38 bits per heavy atom. The van der Waals surface area contributed by atoms with Crippen molar-refractivity contribution in [3.63, 3.8) is 0 Å². The minimum Gasteiger partial charge on any atom is -0.375 e. The van der Waals surface area contributed by atoms with Gasteiger partial charge in [0.25, 0.3) is 0 Å². The second-order valence-corrected chi connectivity index (χ2v) is 3.85. The van der Waals surface area contributed by atoms with Gasteiger partial charge in [0.15, 0.2) is 0 Å². The van der Waals surface area contributed by atoms with Gasteiger partial charge in [0.2, 0.25) is 5.95 Å². The van der Waals surface area contributed by atoms with Crippen molar-refractivity contribution in [2.24, 2.45) is 0 Å². The molecule has 1 aromatic heterocycles. The number of morpholine rings is 1. The molecule has 1 saturated heterocycles. The fourth-order valence-corrected chi connectivity index (χ4v) is 1.77. The molecule has 1 fully saturated rings. The van der Waals surface area contributed by atoms with E-state index in [1.165, 1.54) is 0 Å². The number of nitrogens with zero attached hydrogens (tertiary/aromatic N) is 3. The van der Waals surface area contributed by atoms with Crippen LogP contribution in [-0.2, 0) is 4.74 Å². The highest BCUT2D eigenvalue weighted by molar-refractivity contribution is 5.52. The van der Waals surface area contributed by atoms with Crippen LogP contribution in [0.2, 0.25) is 0 Å². The fourth-order valence-electron chi connectivity index (χ4n) is 1.77. The van der Waals surface area contributed by atoms with E-state index < -0.39 is 0 Å². The van der Waals surface area contributed by atoms with Crippen LogP contribution in [-0.4, -0.2) is 42.8 Å². The Hall–Kier alpha value is -1.56. The third-order valence-electron chi connectivity index (χ3n) is 2.55. The number of anilines is 3. The molecule has 1 aliphatic rings. The fraction of sp³-hybridized carbons (Fsp3) is 0.600. The lowest BCUT2D eigenvalue weighted by atomic mass is 10.3. The molecule has 1 aromatic rings. The minimum atomic E-state index is 0.225. The molecule has 0 spiro atoms. The maximum Gasteiger partial charge on any atom is 0.223 e. The van der Waals surface area contributed by atoms with E-state index in [-0.39, 0.29) is 6.10 Å². The van der Waals surface area contributed by atoms with Crippen molar-refractivity contribution < 1.29 is 4.74 Å². The largest absolute Gasteiger partial charge is 0.375 e. The summed E-state index contributed by atoms with van der Waals surface area (Å²) < 4.78 is 5.48. The predicted octanol–water partition coefficient (Wildman–Crippen LogP) is 0.326. The van der Waals surface area contributed by atoms with Crippen molar-refractivity contribution in [1.29, 1.82) is 0 Å². The molecule has 1 unspecified atom stereocenters. The van der Waals surface area contributed by atoms with Crippen molar-refractivity contribution in [1.82, 2.24) is 9.97 Å². The summed E-state index contributed by atoms with van der Waals surface area (Å²) >= 11 is 0. The van der Waals surface area contributed by atoms with Crippen LogP contribution in [0.5, 0.6) is 0 Å². The highest BCUT2D eigenvalue weighted by Crippen LogP contribution is 2.19. The van der Waals surface area contributed by atoms with Gasteiger partial charge in [0.05, 0.1) is 12.7 Å². The van der Waals surface area contributed by atoms with Gasteiger partial charge in [-0.05, 0) is 6.92 Å². The number of aromatic nitrogens is 2. The summed E-state index contributed by atoms with van der Waals surface area (Å²) in [6.45, 7) is 4.44. The third-order valence-corrected chi connectivity index (χ3v) is 2.55.